The van der Waals surface area contributed by atoms with Crippen molar-refractivity contribution in [2.24, 2.45) is 0 Å². The maximum Gasteiger partial charge on any atom is 0.264 e. The molecule has 1 fully saturated rings. The fourth-order valence-corrected chi connectivity index (χ4v) is 1.62. The number of hydrogen-bond donors (Lipinski definition) is 0. The van der Waals surface area contributed by atoms with Gasteiger partial charge in [0.15, 0.2) is 0 Å². The van der Waals surface area contributed by atoms with Gasteiger partial charge in [-0.2, -0.15) is 8.42 Å². The summed E-state index contributed by atoms with van der Waals surface area (Å²) >= 11 is 0. The Labute approximate surface area is 71.4 Å². The Morgan fingerprint density at radius 1 is 1.50 bits per heavy atom. The molecule has 0 unspecified atom stereocenters. The van der Waals surface area contributed by atoms with Crippen LogP contribution in [-0.4, -0.2) is 44.7 Å². The van der Waals surface area contributed by atoms with Gasteiger partial charge in [-0.3, -0.25) is 8.98 Å². The lowest BCUT2D eigenvalue weighted by Gasteiger charge is -2.37. The van der Waals surface area contributed by atoms with Gasteiger partial charge in [-0.1, -0.05) is 0 Å². The van der Waals surface area contributed by atoms with Crippen molar-refractivity contribution in [2.75, 3.05) is 19.3 Å². The number of nitrogens with zero attached hydrogens (tertiary/aromatic N) is 1. The molecule has 5 nitrogen and oxygen atoms in total. The van der Waals surface area contributed by atoms with Crippen molar-refractivity contribution >= 4 is 16.0 Å². The molecule has 70 valence electrons. The van der Waals surface area contributed by atoms with E-state index in [1.165, 1.54) is 11.8 Å². The van der Waals surface area contributed by atoms with E-state index in [-0.39, 0.29) is 12.0 Å². The Balaban J connectivity index is 2.32. The molecule has 0 aliphatic carbocycles. The van der Waals surface area contributed by atoms with E-state index in [0.717, 1.165) is 6.26 Å². The molecule has 0 atom stereocenters. The highest BCUT2D eigenvalue weighted by atomic mass is 32.2. The first-order chi connectivity index (χ1) is 5.38. The lowest BCUT2D eigenvalue weighted by atomic mass is 10.2. The van der Waals surface area contributed by atoms with Crippen LogP contribution in [0.5, 0.6) is 0 Å². The van der Waals surface area contributed by atoms with Crippen LogP contribution in [0.3, 0.4) is 0 Å². The summed E-state index contributed by atoms with van der Waals surface area (Å²) in [6, 6.07) is 0. The molecule has 0 aromatic carbocycles. The maximum absolute atomic E-state index is 10.7. The number of carbonyl (C=O) groups excluding carboxylic acids is 1. The lowest BCUT2D eigenvalue weighted by Crippen LogP contribution is -2.54. The van der Waals surface area contributed by atoms with Gasteiger partial charge in [-0.25, -0.2) is 0 Å². The van der Waals surface area contributed by atoms with E-state index in [2.05, 4.69) is 4.18 Å². The van der Waals surface area contributed by atoms with Gasteiger partial charge in [0.25, 0.3) is 10.1 Å². The molecule has 1 heterocycles. The van der Waals surface area contributed by atoms with Crippen LogP contribution in [0.2, 0.25) is 0 Å². The van der Waals surface area contributed by atoms with Gasteiger partial charge < -0.3 is 4.90 Å². The van der Waals surface area contributed by atoms with E-state index in [1.54, 1.807) is 0 Å². The van der Waals surface area contributed by atoms with Crippen LogP contribution in [0, 0.1) is 0 Å². The predicted molar refractivity (Wildman–Crippen MR) is 42.0 cm³/mol. The minimum Gasteiger partial charge on any atom is -0.337 e. The van der Waals surface area contributed by atoms with Crippen molar-refractivity contribution in [3.05, 3.63) is 0 Å². The molecule has 0 saturated carbocycles. The first-order valence-corrected chi connectivity index (χ1v) is 5.34. The first-order valence-electron chi connectivity index (χ1n) is 3.52. The third kappa shape index (κ3) is 2.46. The molecule has 12 heavy (non-hydrogen) atoms. The zero-order valence-electron chi connectivity index (χ0n) is 6.98. The van der Waals surface area contributed by atoms with Crippen LogP contribution in [0.1, 0.15) is 6.92 Å². The Morgan fingerprint density at radius 2 is 2.00 bits per heavy atom. The number of hydrogen-bond acceptors (Lipinski definition) is 4. The van der Waals surface area contributed by atoms with Gasteiger partial charge in [0.05, 0.1) is 19.3 Å². The van der Waals surface area contributed by atoms with Crippen molar-refractivity contribution in [1.82, 2.24) is 4.90 Å². The van der Waals surface area contributed by atoms with Crippen molar-refractivity contribution in [2.45, 2.75) is 13.0 Å². The Bertz CT molecular complexity index is 278. The van der Waals surface area contributed by atoms with Crippen LogP contribution in [0.4, 0.5) is 0 Å². The van der Waals surface area contributed by atoms with E-state index in [4.69, 9.17) is 0 Å². The molecule has 0 spiro atoms. The summed E-state index contributed by atoms with van der Waals surface area (Å²) < 4.78 is 25.8. The minimum absolute atomic E-state index is 0.0525. The second-order valence-electron chi connectivity index (χ2n) is 2.85. The highest BCUT2D eigenvalue weighted by Gasteiger charge is 2.31. The SMILES string of the molecule is CC(=O)N1CC(OS(C)(=O)=O)C1. The van der Waals surface area contributed by atoms with Gasteiger partial charge in [-0.05, 0) is 0 Å². The molecular weight excluding hydrogens is 182 g/mol. The van der Waals surface area contributed by atoms with Gasteiger partial charge in [0.2, 0.25) is 5.91 Å². The Morgan fingerprint density at radius 3 is 2.33 bits per heavy atom. The van der Waals surface area contributed by atoms with Crippen LogP contribution in [-0.2, 0) is 19.1 Å². The molecule has 1 aliphatic heterocycles. The number of carbonyl (C=O) groups is 1. The normalized spacial score (nSPS) is 19.0. The third-order valence-corrected chi connectivity index (χ3v) is 2.23. The van der Waals surface area contributed by atoms with Gasteiger partial charge in [0.1, 0.15) is 6.10 Å². The standard InChI is InChI=1S/C6H11NO4S/c1-5(8)7-3-6(4-7)11-12(2,9)10/h6H,3-4H2,1-2H3. The summed E-state index contributed by atoms with van der Waals surface area (Å²) in [6.45, 7) is 2.20. The average molecular weight is 193 g/mol. The number of amides is 1. The van der Waals surface area contributed by atoms with Gasteiger partial charge in [0, 0.05) is 6.92 Å². The fourth-order valence-electron chi connectivity index (χ4n) is 1.00. The first kappa shape index (κ1) is 9.47. The Kier molecular flexibility index (Phi) is 2.39. The maximum atomic E-state index is 10.7. The van der Waals surface area contributed by atoms with Crippen molar-refractivity contribution in [3.63, 3.8) is 0 Å². The molecule has 0 N–H and O–H groups in total. The second kappa shape index (κ2) is 3.02. The lowest BCUT2D eigenvalue weighted by molar-refractivity contribution is -0.137. The summed E-state index contributed by atoms with van der Waals surface area (Å²) in [5.74, 6) is -0.0525. The zero-order chi connectivity index (χ0) is 9.35. The molecule has 1 saturated heterocycles. The van der Waals surface area contributed by atoms with E-state index in [1.807, 2.05) is 0 Å². The van der Waals surface area contributed by atoms with Crippen molar-refractivity contribution in [1.29, 1.82) is 0 Å². The summed E-state index contributed by atoms with van der Waals surface area (Å²) in [5.41, 5.74) is 0. The van der Waals surface area contributed by atoms with E-state index < -0.39 is 10.1 Å². The molecule has 1 rings (SSSR count). The van der Waals surface area contributed by atoms with E-state index >= 15 is 0 Å². The molecule has 0 radical (unpaired) electrons. The second-order valence-corrected chi connectivity index (χ2v) is 4.45. The molecule has 6 heteroatoms. The van der Waals surface area contributed by atoms with Gasteiger partial charge in [-0.15, -0.1) is 0 Å². The fraction of sp³-hybridized carbons (Fsp3) is 0.833. The minimum atomic E-state index is -3.37. The summed E-state index contributed by atoms with van der Waals surface area (Å²) in [7, 11) is -3.37. The van der Waals surface area contributed by atoms with E-state index in [9.17, 15) is 13.2 Å². The van der Waals surface area contributed by atoms with Crippen molar-refractivity contribution in [3.8, 4) is 0 Å². The summed E-state index contributed by atoms with van der Waals surface area (Å²) in [4.78, 5) is 12.2. The quantitative estimate of drug-likeness (QED) is 0.538. The van der Waals surface area contributed by atoms with Crippen LogP contribution in [0.25, 0.3) is 0 Å². The van der Waals surface area contributed by atoms with Crippen LogP contribution < -0.4 is 0 Å². The topological polar surface area (TPSA) is 63.7 Å². The predicted octanol–water partition coefficient (Wildman–Crippen LogP) is -0.807. The molecule has 1 aliphatic rings. The van der Waals surface area contributed by atoms with Gasteiger partial charge >= 0.3 is 0 Å². The molecule has 1 amide bonds. The van der Waals surface area contributed by atoms with Crippen molar-refractivity contribution < 1.29 is 17.4 Å². The van der Waals surface area contributed by atoms with E-state index in [0.29, 0.717) is 13.1 Å². The molecule has 0 aromatic heterocycles. The average Bonchev–Trinajstić information content (AvgIpc) is 1.74. The summed E-state index contributed by atoms with van der Waals surface area (Å²) in [5, 5.41) is 0. The largest absolute Gasteiger partial charge is 0.337 e. The molecule has 0 aromatic rings. The molecule has 0 bridgehead atoms. The Hall–Kier alpha value is -0.620. The van der Waals surface area contributed by atoms with Crippen LogP contribution >= 0.6 is 0 Å². The molecular formula is C6H11NO4S. The monoisotopic (exact) mass is 193 g/mol. The third-order valence-electron chi connectivity index (χ3n) is 1.60. The highest BCUT2D eigenvalue weighted by molar-refractivity contribution is 7.86. The zero-order valence-corrected chi connectivity index (χ0v) is 7.80. The van der Waals surface area contributed by atoms with Crippen LogP contribution in [0.15, 0.2) is 0 Å². The summed E-state index contributed by atoms with van der Waals surface area (Å²) in [6.07, 6.45) is 0.660. The number of likely N-dealkylation sites (tertiary alicyclic amines) is 1. The highest BCUT2D eigenvalue weighted by Crippen LogP contribution is 2.13. The number of rotatable bonds is 2. The smallest absolute Gasteiger partial charge is 0.264 e.